The van der Waals surface area contributed by atoms with Gasteiger partial charge in [0.25, 0.3) is 5.56 Å². The molecule has 0 saturated carbocycles. The third kappa shape index (κ3) is 5.05. The number of aryl methyl sites for hydroxylation is 2. The molecule has 0 radical (unpaired) electrons. The van der Waals surface area contributed by atoms with E-state index in [1.165, 1.54) is 25.3 Å². The molecule has 0 aliphatic carbocycles. The molecule has 1 unspecified atom stereocenters. The Morgan fingerprint density at radius 1 is 1.16 bits per heavy atom. The lowest BCUT2D eigenvalue weighted by Crippen LogP contribution is -2.43. The molecule has 4 heterocycles. The third-order valence-electron chi connectivity index (χ3n) is 5.54. The van der Waals surface area contributed by atoms with Gasteiger partial charge in [-0.2, -0.15) is 26.3 Å². The van der Waals surface area contributed by atoms with Gasteiger partial charge >= 0.3 is 18.0 Å². The molecule has 10 nitrogen and oxygen atoms in total. The molecule has 0 spiro atoms. The molecule has 0 aliphatic heterocycles. The molecule has 4 rings (SSSR count). The molecule has 1 amide bonds. The second kappa shape index (κ2) is 9.38. The second-order valence-corrected chi connectivity index (χ2v) is 9.12. The molecule has 1 N–H and O–H groups in total. The average molecular weight is 561 g/mol. The summed E-state index contributed by atoms with van der Waals surface area (Å²) >= 11 is 1.03. The molecular weight excluding hydrogens is 544 g/mol. The summed E-state index contributed by atoms with van der Waals surface area (Å²) in [5.41, 5.74) is -3.92. The summed E-state index contributed by atoms with van der Waals surface area (Å²) < 4.78 is 79.6. The summed E-state index contributed by atoms with van der Waals surface area (Å²) in [5, 5.41) is 4.19. The number of hydrogen-bond acceptors (Lipinski definition) is 7. The van der Waals surface area contributed by atoms with Gasteiger partial charge in [0.15, 0.2) is 11.2 Å². The van der Waals surface area contributed by atoms with E-state index in [1.807, 2.05) is 0 Å². The van der Waals surface area contributed by atoms with Gasteiger partial charge in [0.1, 0.15) is 29.1 Å². The number of anilines is 1. The van der Waals surface area contributed by atoms with E-state index in [0.29, 0.717) is 5.56 Å². The van der Waals surface area contributed by atoms with Crippen molar-refractivity contribution in [2.24, 2.45) is 7.05 Å². The number of fused-ring (bicyclic) bond motifs is 1. The maximum Gasteiger partial charge on any atom is 0.433 e. The number of halogens is 6. The minimum atomic E-state index is -4.85. The van der Waals surface area contributed by atoms with Gasteiger partial charge in [-0.15, -0.1) is 11.3 Å². The van der Waals surface area contributed by atoms with Crippen LogP contribution in [0.15, 0.2) is 33.6 Å². The Morgan fingerprint density at radius 3 is 2.45 bits per heavy atom. The Hall–Kier alpha value is -4.02. The van der Waals surface area contributed by atoms with Crippen LogP contribution in [0.1, 0.15) is 24.2 Å². The maximum atomic E-state index is 13.0. The largest absolute Gasteiger partial charge is 0.433 e. The van der Waals surface area contributed by atoms with Gasteiger partial charge < -0.3 is 9.88 Å². The normalized spacial score (nSPS) is 13.2. The van der Waals surface area contributed by atoms with Crippen LogP contribution in [0.2, 0.25) is 0 Å². The molecule has 0 fully saturated rings. The number of nitrogens with one attached hydrogen (secondary N) is 1. The van der Waals surface area contributed by atoms with E-state index in [0.717, 1.165) is 40.0 Å². The zero-order valence-corrected chi connectivity index (χ0v) is 20.5. The van der Waals surface area contributed by atoms with Crippen molar-refractivity contribution in [2.75, 3.05) is 5.32 Å². The number of imidazole rings is 1. The Labute approximate surface area is 212 Å². The lowest BCUT2D eigenvalue weighted by molar-refractivity contribution is -0.142. The Kier molecular flexibility index (Phi) is 6.67. The summed E-state index contributed by atoms with van der Waals surface area (Å²) in [4.78, 5) is 49.5. The number of nitrogens with zero attached hydrogens (tertiary/aromatic N) is 6. The van der Waals surface area contributed by atoms with Crippen molar-refractivity contribution in [2.45, 2.75) is 38.8 Å². The second-order valence-electron chi connectivity index (χ2n) is 8.26. The first-order valence-corrected chi connectivity index (χ1v) is 11.5. The number of rotatable bonds is 5. The summed E-state index contributed by atoms with van der Waals surface area (Å²) in [5.74, 6) is -0.677. The summed E-state index contributed by atoms with van der Waals surface area (Å²) in [6, 6.07) is 0.0844. The number of alkyl halides is 6. The van der Waals surface area contributed by atoms with Crippen LogP contribution in [0.25, 0.3) is 21.7 Å². The molecule has 202 valence electrons. The highest BCUT2D eigenvalue weighted by Gasteiger charge is 2.34. The van der Waals surface area contributed by atoms with Crippen LogP contribution in [0, 0.1) is 6.92 Å². The Balaban J connectivity index is 1.62. The molecule has 4 aromatic heterocycles. The van der Waals surface area contributed by atoms with E-state index in [-0.39, 0.29) is 32.1 Å². The van der Waals surface area contributed by atoms with Crippen LogP contribution in [-0.2, 0) is 24.6 Å². The van der Waals surface area contributed by atoms with Crippen LogP contribution >= 0.6 is 11.3 Å². The monoisotopic (exact) mass is 561 g/mol. The predicted octanol–water partition coefficient (Wildman–Crippen LogP) is 3.50. The van der Waals surface area contributed by atoms with Gasteiger partial charge in [-0.25, -0.2) is 19.3 Å². The van der Waals surface area contributed by atoms with E-state index in [9.17, 15) is 40.7 Å². The number of amides is 1. The van der Waals surface area contributed by atoms with E-state index >= 15 is 0 Å². The molecule has 0 aliphatic rings. The SMILES string of the molecule is Cc1cc(-c2nc(NC(=O)C(C)n3cnc4c3c(=O)n(CC(F)(F)F)c(=O)n4C)cs2)cnc1C(F)(F)F. The standard InChI is InChI=1S/C21H17F6N7O3S/c1-9-4-11(5-28-14(9)21(25,26)27)17-31-12(6-38-17)30-16(35)10(2)34-8-29-15-13(34)18(36)33(7-20(22,23)24)19(37)32(15)3/h4-6,8,10H,7H2,1-3H3,(H,30,35). The van der Waals surface area contributed by atoms with Gasteiger partial charge in [-0.1, -0.05) is 0 Å². The van der Waals surface area contributed by atoms with Crippen molar-refractivity contribution in [3.8, 4) is 10.6 Å². The topological polar surface area (TPSA) is 117 Å². The molecule has 1 atom stereocenters. The number of thiazole rings is 1. The molecular formula is C21H17F6N7O3S. The number of carbonyl (C=O) groups excluding carboxylic acids is 1. The van der Waals surface area contributed by atoms with Crippen LogP contribution in [0.5, 0.6) is 0 Å². The van der Waals surface area contributed by atoms with Gasteiger partial charge in [-0.05, 0) is 25.5 Å². The number of aromatic nitrogens is 6. The minimum absolute atomic E-state index is 0.0118. The number of pyridine rings is 1. The molecule has 0 bridgehead atoms. The van der Waals surface area contributed by atoms with Crippen molar-refractivity contribution >= 4 is 34.2 Å². The Morgan fingerprint density at radius 2 is 1.84 bits per heavy atom. The summed E-state index contributed by atoms with van der Waals surface area (Å²) in [6.07, 6.45) is -7.39. The van der Waals surface area contributed by atoms with Crippen molar-refractivity contribution in [3.05, 3.63) is 56.1 Å². The van der Waals surface area contributed by atoms with Crippen LogP contribution in [-0.4, -0.2) is 40.7 Å². The van der Waals surface area contributed by atoms with Crippen molar-refractivity contribution in [1.82, 2.24) is 28.7 Å². The highest BCUT2D eigenvalue weighted by Crippen LogP contribution is 2.33. The molecule has 17 heteroatoms. The smallest absolute Gasteiger partial charge is 0.312 e. The Bertz CT molecular complexity index is 1660. The summed E-state index contributed by atoms with van der Waals surface area (Å²) in [7, 11) is 1.15. The fourth-order valence-electron chi connectivity index (χ4n) is 3.71. The quantitative estimate of drug-likeness (QED) is 0.373. The molecule has 0 aromatic carbocycles. The maximum absolute atomic E-state index is 13.0. The first-order chi connectivity index (χ1) is 17.6. The van der Waals surface area contributed by atoms with E-state index in [4.69, 9.17) is 0 Å². The van der Waals surface area contributed by atoms with E-state index in [2.05, 4.69) is 20.3 Å². The first-order valence-electron chi connectivity index (χ1n) is 10.6. The molecule has 4 aromatic rings. The lowest BCUT2D eigenvalue weighted by atomic mass is 10.1. The predicted molar refractivity (Wildman–Crippen MR) is 124 cm³/mol. The van der Waals surface area contributed by atoms with Gasteiger partial charge in [0.2, 0.25) is 5.91 Å². The van der Waals surface area contributed by atoms with Crippen molar-refractivity contribution < 1.29 is 31.1 Å². The van der Waals surface area contributed by atoms with E-state index in [1.54, 1.807) is 0 Å². The van der Waals surface area contributed by atoms with Crippen LogP contribution < -0.4 is 16.6 Å². The van der Waals surface area contributed by atoms with Crippen molar-refractivity contribution in [3.63, 3.8) is 0 Å². The average Bonchev–Trinajstić information content (AvgIpc) is 3.46. The number of carbonyl (C=O) groups is 1. The van der Waals surface area contributed by atoms with Gasteiger partial charge in [0.05, 0.1) is 6.33 Å². The fraction of sp³-hybridized carbons (Fsp3) is 0.333. The number of hydrogen-bond donors (Lipinski definition) is 1. The summed E-state index contributed by atoms with van der Waals surface area (Å²) in [6.45, 7) is 0.789. The zero-order chi connectivity index (χ0) is 28.2. The highest BCUT2D eigenvalue weighted by atomic mass is 32.1. The zero-order valence-electron chi connectivity index (χ0n) is 19.7. The highest BCUT2D eigenvalue weighted by molar-refractivity contribution is 7.13. The lowest BCUT2D eigenvalue weighted by Gasteiger charge is -2.15. The molecule has 38 heavy (non-hydrogen) atoms. The first kappa shape index (κ1) is 27.0. The van der Waals surface area contributed by atoms with E-state index < -0.39 is 47.8 Å². The molecule has 0 saturated heterocycles. The fourth-order valence-corrected chi connectivity index (χ4v) is 4.44. The third-order valence-corrected chi connectivity index (χ3v) is 6.43. The van der Waals surface area contributed by atoms with Crippen LogP contribution in [0.4, 0.5) is 32.2 Å². The van der Waals surface area contributed by atoms with Crippen molar-refractivity contribution in [1.29, 1.82) is 0 Å². The minimum Gasteiger partial charge on any atom is -0.312 e. The van der Waals surface area contributed by atoms with Crippen LogP contribution in [0.3, 0.4) is 0 Å². The van der Waals surface area contributed by atoms with Gasteiger partial charge in [0, 0.05) is 24.2 Å². The van der Waals surface area contributed by atoms with Gasteiger partial charge in [-0.3, -0.25) is 19.1 Å².